The summed E-state index contributed by atoms with van der Waals surface area (Å²) in [5, 5.41) is 11.9. The topological polar surface area (TPSA) is 78.6 Å². The molecule has 0 aliphatic heterocycles. The first-order valence-corrected chi connectivity index (χ1v) is 7.25. The molecule has 0 unspecified atom stereocenters. The Bertz CT molecular complexity index is 516. The molecule has 1 aliphatic rings. The monoisotopic (exact) mass is 295 g/mol. The largest absolute Gasteiger partial charge is 0.478 e. The summed E-state index contributed by atoms with van der Waals surface area (Å²) in [5.41, 5.74) is 6.05. The van der Waals surface area contributed by atoms with E-state index in [1.54, 1.807) is 0 Å². The fourth-order valence-corrected chi connectivity index (χ4v) is 2.80. The number of aromatic carboxylic acids is 1. The molecule has 0 aromatic heterocycles. The lowest BCUT2D eigenvalue weighted by Crippen LogP contribution is -2.33. The number of hydrogen-bond acceptors (Lipinski definition) is 4. The van der Waals surface area contributed by atoms with Crippen molar-refractivity contribution in [2.75, 3.05) is 31.2 Å². The van der Waals surface area contributed by atoms with Crippen LogP contribution in [0.3, 0.4) is 0 Å². The first-order chi connectivity index (χ1) is 9.99. The van der Waals surface area contributed by atoms with E-state index in [1.807, 2.05) is 0 Å². The van der Waals surface area contributed by atoms with Crippen LogP contribution in [-0.4, -0.2) is 42.2 Å². The Morgan fingerprint density at radius 1 is 1.48 bits per heavy atom. The number of hydrogen-bond donors (Lipinski definition) is 3. The van der Waals surface area contributed by atoms with Crippen LogP contribution in [0.25, 0.3) is 0 Å². The number of halogens is 1. The maximum Gasteiger partial charge on any atom is 0.338 e. The molecular formula is C15H22FN3O2. The van der Waals surface area contributed by atoms with E-state index in [1.165, 1.54) is 25.7 Å². The lowest BCUT2D eigenvalue weighted by atomic mass is 10.1. The fraction of sp³-hybridized carbons (Fsp3) is 0.533. The summed E-state index contributed by atoms with van der Waals surface area (Å²) in [6.45, 7) is 1.48. The van der Waals surface area contributed by atoms with Crippen molar-refractivity contribution in [3.8, 4) is 0 Å². The van der Waals surface area contributed by atoms with Gasteiger partial charge in [0.25, 0.3) is 0 Å². The number of carboxylic acids is 1. The number of nitrogens with two attached hydrogens (primary N) is 1. The van der Waals surface area contributed by atoms with Crippen molar-refractivity contribution in [1.29, 1.82) is 0 Å². The van der Waals surface area contributed by atoms with Crippen LogP contribution in [0.4, 0.5) is 15.8 Å². The summed E-state index contributed by atoms with van der Waals surface area (Å²) in [5.74, 6) is -2.09. The molecule has 21 heavy (non-hydrogen) atoms. The van der Waals surface area contributed by atoms with Gasteiger partial charge < -0.3 is 21.1 Å². The smallest absolute Gasteiger partial charge is 0.338 e. The van der Waals surface area contributed by atoms with Crippen molar-refractivity contribution in [2.45, 2.75) is 31.7 Å². The van der Waals surface area contributed by atoms with Crippen LogP contribution in [0.15, 0.2) is 12.1 Å². The summed E-state index contributed by atoms with van der Waals surface area (Å²) >= 11 is 0. The molecule has 1 fully saturated rings. The van der Waals surface area contributed by atoms with E-state index in [0.717, 1.165) is 18.7 Å². The van der Waals surface area contributed by atoms with Crippen molar-refractivity contribution in [1.82, 2.24) is 4.90 Å². The summed E-state index contributed by atoms with van der Waals surface area (Å²) < 4.78 is 13.6. The number of nitrogen functional groups attached to an aromatic ring is 1. The Balaban J connectivity index is 1.91. The van der Waals surface area contributed by atoms with E-state index in [9.17, 15) is 9.18 Å². The second-order valence-electron chi connectivity index (χ2n) is 5.57. The molecule has 0 bridgehead atoms. The Morgan fingerprint density at radius 3 is 2.76 bits per heavy atom. The summed E-state index contributed by atoms with van der Waals surface area (Å²) in [6, 6.07) is 2.94. The van der Waals surface area contributed by atoms with Crippen LogP contribution in [-0.2, 0) is 0 Å². The van der Waals surface area contributed by atoms with E-state index in [2.05, 4.69) is 17.3 Å². The normalized spacial score (nSPS) is 15.6. The van der Waals surface area contributed by atoms with E-state index in [4.69, 9.17) is 10.8 Å². The van der Waals surface area contributed by atoms with Gasteiger partial charge in [0.05, 0.1) is 16.9 Å². The van der Waals surface area contributed by atoms with Crippen LogP contribution < -0.4 is 11.1 Å². The lowest BCUT2D eigenvalue weighted by Gasteiger charge is -2.24. The molecule has 2 rings (SSSR count). The zero-order chi connectivity index (χ0) is 15.4. The second kappa shape index (κ2) is 6.76. The lowest BCUT2D eigenvalue weighted by molar-refractivity contribution is 0.0692. The predicted molar refractivity (Wildman–Crippen MR) is 81.1 cm³/mol. The highest BCUT2D eigenvalue weighted by Gasteiger charge is 2.19. The second-order valence-corrected chi connectivity index (χ2v) is 5.57. The average molecular weight is 295 g/mol. The molecule has 116 valence electrons. The van der Waals surface area contributed by atoms with Crippen LogP contribution in [0, 0.1) is 5.82 Å². The van der Waals surface area contributed by atoms with E-state index in [-0.39, 0.29) is 5.69 Å². The SMILES string of the molecule is CN(CCNc1cc(F)c(C(=O)O)cc1N)C1CCCC1. The molecule has 1 aliphatic carbocycles. The fourth-order valence-electron chi connectivity index (χ4n) is 2.80. The molecule has 0 saturated heterocycles. The van der Waals surface area contributed by atoms with Gasteiger partial charge in [-0.3, -0.25) is 0 Å². The molecule has 1 aromatic rings. The van der Waals surface area contributed by atoms with Gasteiger partial charge in [0.2, 0.25) is 0 Å². The molecule has 1 saturated carbocycles. The zero-order valence-electron chi connectivity index (χ0n) is 12.2. The van der Waals surface area contributed by atoms with Crippen molar-refractivity contribution < 1.29 is 14.3 Å². The van der Waals surface area contributed by atoms with Crippen LogP contribution >= 0.6 is 0 Å². The van der Waals surface area contributed by atoms with Crippen molar-refractivity contribution in [2.24, 2.45) is 0 Å². The maximum atomic E-state index is 13.6. The standard InChI is InChI=1S/C15H22FN3O2/c1-19(10-4-2-3-5-10)7-6-18-14-9-12(16)11(15(20)21)8-13(14)17/h8-10,18H,2-7,17H2,1H3,(H,20,21). The Hall–Kier alpha value is -1.82. The molecule has 0 heterocycles. The van der Waals surface area contributed by atoms with Gasteiger partial charge in [0.15, 0.2) is 0 Å². The van der Waals surface area contributed by atoms with Crippen LogP contribution in [0.2, 0.25) is 0 Å². The minimum absolute atomic E-state index is 0.248. The maximum absolute atomic E-state index is 13.6. The molecule has 0 atom stereocenters. The molecule has 0 radical (unpaired) electrons. The third-order valence-corrected chi connectivity index (χ3v) is 4.10. The van der Waals surface area contributed by atoms with Gasteiger partial charge >= 0.3 is 5.97 Å². The predicted octanol–water partition coefficient (Wildman–Crippen LogP) is 2.39. The number of nitrogens with one attached hydrogen (secondary N) is 1. The summed E-state index contributed by atoms with van der Waals surface area (Å²) in [4.78, 5) is 13.1. The third-order valence-electron chi connectivity index (χ3n) is 4.10. The number of carbonyl (C=O) groups is 1. The third kappa shape index (κ3) is 3.85. The first kappa shape index (κ1) is 15.6. The molecule has 0 spiro atoms. The molecule has 4 N–H and O–H groups in total. The average Bonchev–Trinajstić information content (AvgIpc) is 2.95. The minimum Gasteiger partial charge on any atom is -0.478 e. The van der Waals surface area contributed by atoms with Gasteiger partial charge in [-0.05, 0) is 32.0 Å². The van der Waals surface area contributed by atoms with Crippen LogP contribution in [0.5, 0.6) is 0 Å². The summed E-state index contributed by atoms with van der Waals surface area (Å²) in [7, 11) is 2.09. The van der Waals surface area contributed by atoms with E-state index < -0.39 is 17.3 Å². The molecule has 1 aromatic carbocycles. The van der Waals surface area contributed by atoms with Gasteiger partial charge in [-0.25, -0.2) is 9.18 Å². The van der Waals surface area contributed by atoms with Gasteiger partial charge in [0.1, 0.15) is 5.82 Å². The van der Waals surface area contributed by atoms with Gasteiger partial charge in [-0.2, -0.15) is 0 Å². The van der Waals surface area contributed by atoms with Gasteiger partial charge in [-0.15, -0.1) is 0 Å². The van der Waals surface area contributed by atoms with Gasteiger partial charge in [-0.1, -0.05) is 12.8 Å². The van der Waals surface area contributed by atoms with Crippen LogP contribution in [0.1, 0.15) is 36.0 Å². The van der Waals surface area contributed by atoms with E-state index in [0.29, 0.717) is 18.3 Å². The number of carboxylic acid groups (broad SMARTS) is 1. The highest BCUT2D eigenvalue weighted by molar-refractivity contribution is 5.90. The number of anilines is 2. The quantitative estimate of drug-likeness (QED) is 0.702. The van der Waals surface area contributed by atoms with Crippen molar-refractivity contribution in [3.05, 3.63) is 23.5 Å². The Morgan fingerprint density at radius 2 is 2.14 bits per heavy atom. The Kier molecular flexibility index (Phi) is 5.01. The van der Waals surface area contributed by atoms with Crippen molar-refractivity contribution in [3.63, 3.8) is 0 Å². The molecule has 0 amide bonds. The number of likely N-dealkylation sites (N-methyl/N-ethyl adjacent to an activating group) is 1. The number of benzene rings is 1. The van der Waals surface area contributed by atoms with Gasteiger partial charge in [0, 0.05) is 19.1 Å². The zero-order valence-corrected chi connectivity index (χ0v) is 12.2. The minimum atomic E-state index is -1.31. The molecular weight excluding hydrogens is 273 g/mol. The van der Waals surface area contributed by atoms with E-state index >= 15 is 0 Å². The highest BCUT2D eigenvalue weighted by Crippen LogP contribution is 2.24. The first-order valence-electron chi connectivity index (χ1n) is 7.25. The summed E-state index contributed by atoms with van der Waals surface area (Å²) in [6.07, 6.45) is 5.05. The molecule has 5 nitrogen and oxygen atoms in total. The number of nitrogens with zero attached hydrogens (tertiary/aromatic N) is 1. The highest BCUT2D eigenvalue weighted by atomic mass is 19.1. The Labute approximate surface area is 123 Å². The van der Waals surface area contributed by atoms with Crippen molar-refractivity contribution >= 4 is 17.3 Å². The molecule has 6 heteroatoms. The number of rotatable bonds is 6.